The number of benzene rings is 1. The Morgan fingerprint density at radius 1 is 1.42 bits per heavy atom. The number of hydrogen-bond donors (Lipinski definition) is 2. The Balaban J connectivity index is 1.54. The van der Waals surface area contributed by atoms with E-state index >= 15 is 0 Å². The predicted octanol–water partition coefficient (Wildman–Crippen LogP) is 2.00. The number of H-pyrrole nitrogens is 1. The van der Waals surface area contributed by atoms with E-state index < -0.39 is 0 Å². The molecule has 2 unspecified atom stereocenters. The molecule has 6 nitrogen and oxygen atoms in total. The van der Waals surface area contributed by atoms with Gasteiger partial charge in [-0.2, -0.15) is 0 Å². The zero-order valence-corrected chi connectivity index (χ0v) is 13.7. The van der Waals surface area contributed by atoms with E-state index in [1.165, 1.54) is 6.42 Å². The second-order valence-corrected chi connectivity index (χ2v) is 6.72. The maximum absolute atomic E-state index is 12.6. The molecular formula is C18H21N3O3. The summed E-state index contributed by atoms with van der Waals surface area (Å²) in [6.45, 7) is 2.70. The van der Waals surface area contributed by atoms with E-state index in [0.717, 1.165) is 19.3 Å². The summed E-state index contributed by atoms with van der Waals surface area (Å²) in [4.78, 5) is 31.6. The number of ether oxygens (including phenoxy) is 1. The van der Waals surface area contributed by atoms with Crippen molar-refractivity contribution in [1.82, 2.24) is 15.3 Å². The molecule has 6 heteroatoms. The zero-order valence-electron chi connectivity index (χ0n) is 13.7. The van der Waals surface area contributed by atoms with E-state index in [4.69, 9.17) is 4.74 Å². The lowest BCUT2D eigenvalue weighted by Crippen LogP contribution is -2.67. The van der Waals surface area contributed by atoms with Gasteiger partial charge >= 0.3 is 0 Å². The van der Waals surface area contributed by atoms with Gasteiger partial charge in [-0.15, -0.1) is 0 Å². The number of aromatic nitrogens is 2. The van der Waals surface area contributed by atoms with Crippen molar-refractivity contribution in [2.45, 2.75) is 44.8 Å². The van der Waals surface area contributed by atoms with E-state index in [-0.39, 0.29) is 34.9 Å². The van der Waals surface area contributed by atoms with Gasteiger partial charge in [0.05, 0.1) is 17.0 Å². The summed E-state index contributed by atoms with van der Waals surface area (Å²) in [7, 11) is 0. The minimum atomic E-state index is -0.316. The van der Waals surface area contributed by atoms with Crippen LogP contribution in [-0.2, 0) is 4.74 Å². The quantitative estimate of drug-likeness (QED) is 0.899. The SMILES string of the molecule is CCOC1CC(NC(=O)c2nc3ccccc3c(=O)[nH]2)C12CCC2. The van der Waals surface area contributed by atoms with Crippen LogP contribution in [0.5, 0.6) is 0 Å². The first-order chi connectivity index (χ1) is 11.6. The number of nitrogens with zero attached hydrogens (tertiary/aromatic N) is 1. The van der Waals surface area contributed by atoms with Crippen LogP contribution in [0.3, 0.4) is 0 Å². The zero-order chi connectivity index (χ0) is 16.7. The highest BCUT2D eigenvalue weighted by Crippen LogP contribution is 2.57. The minimum Gasteiger partial charge on any atom is -0.378 e. The molecule has 1 aromatic carbocycles. The van der Waals surface area contributed by atoms with Crippen LogP contribution in [0, 0.1) is 5.41 Å². The molecule has 0 saturated heterocycles. The molecular weight excluding hydrogens is 306 g/mol. The standard InChI is InChI=1S/C18H21N3O3/c1-2-24-14-10-13(18(14)8-5-9-18)20-17(23)15-19-12-7-4-3-6-11(12)16(22)21-15/h3-4,6-7,13-14H,2,5,8-10H2,1H3,(H,20,23)(H,19,21,22). The fraction of sp³-hybridized carbons (Fsp3) is 0.500. The van der Waals surface area contributed by atoms with Crippen LogP contribution in [0.15, 0.2) is 29.1 Å². The molecule has 2 saturated carbocycles. The first-order valence-corrected chi connectivity index (χ1v) is 8.55. The fourth-order valence-electron chi connectivity index (χ4n) is 4.06. The van der Waals surface area contributed by atoms with Crippen molar-refractivity contribution in [3.05, 3.63) is 40.4 Å². The van der Waals surface area contributed by atoms with Crippen molar-refractivity contribution in [3.8, 4) is 0 Å². The largest absolute Gasteiger partial charge is 0.378 e. The second kappa shape index (κ2) is 5.70. The van der Waals surface area contributed by atoms with Crippen LogP contribution in [-0.4, -0.2) is 34.6 Å². The highest BCUT2D eigenvalue weighted by molar-refractivity contribution is 5.92. The first-order valence-electron chi connectivity index (χ1n) is 8.55. The van der Waals surface area contributed by atoms with Crippen molar-refractivity contribution in [2.24, 2.45) is 5.41 Å². The summed E-state index contributed by atoms with van der Waals surface area (Å²) >= 11 is 0. The number of amides is 1. The van der Waals surface area contributed by atoms with Gasteiger partial charge in [0.25, 0.3) is 11.5 Å². The Morgan fingerprint density at radius 3 is 2.92 bits per heavy atom. The molecule has 0 aliphatic heterocycles. The summed E-state index contributed by atoms with van der Waals surface area (Å²) < 4.78 is 5.81. The maximum atomic E-state index is 12.6. The van der Waals surface area contributed by atoms with Gasteiger partial charge < -0.3 is 15.0 Å². The molecule has 24 heavy (non-hydrogen) atoms. The van der Waals surface area contributed by atoms with Crippen molar-refractivity contribution >= 4 is 16.8 Å². The highest BCUT2D eigenvalue weighted by atomic mass is 16.5. The van der Waals surface area contributed by atoms with Crippen molar-refractivity contribution in [1.29, 1.82) is 0 Å². The van der Waals surface area contributed by atoms with Gasteiger partial charge in [0.1, 0.15) is 0 Å². The van der Waals surface area contributed by atoms with Crippen LogP contribution in [0.4, 0.5) is 0 Å². The normalized spacial score (nSPS) is 24.4. The van der Waals surface area contributed by atoms with E-state index in [9.17, 15) is 9.59 Å². The summed E-state index contributed by atoms with van der Waals surface area (Å²) in [5.41, 5.74) is 0.332. The van der Waals surface area contributed by atoms with Crippen molar-refractivity contribution < 1.29 is 9.53 Å². The molecule has 1 amide bonds. The van der Waals surface area contributed by atoms with E-state index in [2.05, 4.69) is 15.3 Å². The third kappa shape index (κ3) is 2.24. The molecule has 2 N–H and O–H groups in total. The summed E-state index contributed by atoms with van der Waals surface area (Å²) in [6.07, 6.45) is 4.43. The maximum Gasteiger partial charge on any atom is 0.287 e. The molecule has 0 radical (unpaired) electrons. The topological polar surface area (TPSA) is 84.1 Å². The number of aromatic amines is 1. The number of carbonyl (C=O) groups is 1. The molecule has 126 valence electrons. The molecule has 4 rings (SSSR count). The minimum absolute atomic E-state index is 0.0769. The number of para-hydroxylation sites is 1. The van der Waals surface area contributed by atoms with Gasteiger partial charge in [0.2, 0.25) is 0 Å². The average molecular weight is 327 g/mol. The third-order valence-corrected chi connectivity index (χ3v) is 5.57. The smallest absolute Gasteiger partial charge is 0.287 e. The van der Waals surface area contributed by atoms with Crippen LogP contribution in [0.2, 0.25) is 0 Å². The Labute approximate surface area is 139 Å². The summed E-state index contributed by atoms with van der Waals surface area (Å²) in [5, 5.41) is 3.54. The van der Waals surface area contributed by atoms with E-state index in [1.807, 2.05) is 6.92 Å². The number of rotatable bonds is 4. The van der Waals surface area contributed by atoms with Gasteiger partial charge in [-0.05, 0) is 38.3 Å². The lowest BCUT2D eigenvalue weighted by Gasteiger charge is -2.60. The molecule has 2 atom stereocenters. The first kappa shape index (κ1) is 15.3. The van der Waals surface area contributed by atoms with Crippen LogP contribution >= 0.6 is 0 Å². The molecule has 2 aliphatic carbocycles. The molecule has 1 spiro atoms. The van der Waals surface area contributed by atoms with Gasteiger partial charge in [-0.25, -0.2) is 4.98 Å². The summed E-state index contributed by atoms with van der Waals surface area (Å²) in [5.74, 6) is -0.239. The van der Waals surface area contributed by atoms with Crippen LogP contribution in [0.1, 0.15) is 43.2 Å². The lowest BCUT2D eigenvalue weighted by molar-refractivity contribution is -0.169. The number of fused-ring (bicyclic) bond motifs is 1. The number of hydrogen-bond acceptors (Lipinski definition) is 4. The second-order valence-electron chi connectivity index (χ2n) is 6.72. The third-order valence-electron chi connectivity index (χ3n) is 5.57. The van der Waals surface area contributed by atoms with Gasteiger partial charge in [-0.1, -0.05) is 18.6 Å². The van der Waals surface area contributed by atoms with Crippen molar-refractivity contribution in [2.75, 3.05) is 6.61 Å². The Hall–Kier alpha value is -2.21. The summed E-state index contributed by atoms with van der Waals surface area (Å²) in [6, 6.07) is 7.13. The van der Waals surface area contributed by atoms with Crippen LogP contribution < -0.4 is 10.9 Å². The monoisotopic (exact) mass is 327 g/mol. The Kier molecular flexibility index (Phi) is 3.64. The lowest BCUT2D eigenvalue weighted by atomic mass is 9.51. The molecule has 2 aliphatic rings. The molecule has 0 bridgehead atoms. The van der Waals surface area contributed by atoms with E-state index in [1.54, 1.807) is 24.3 Å². The predicted molar refractivity (Wildman–Crippen MR) is 89.9 cm³/mol. The average Bonchev–Trinajstić information content (AvgIpc) is 2.52. The van der Waals surface area contributed by atoms with Gasteiger partial charge in [0.15, 0.2) is 5.82 Å². The highest BCUT2D eigenvalue weighted by Gasteiger charge is 2.59. The fourth-order valence-corrected chi connectivity index (χ4v) is 4.06. The molecule has 2 aromatic rings. The number of carbonyl (C=O) groups excluding carboxylic acids is 1. The Morgan fingerprint density at radius 2 is 2.21 bits per heavy atom. The Bertz CT molecular complexity index is 841. The van der Waals surface area contributed by atoms with Crippen LogP contribution in [0.25, 0.3) is 10.9 Å². The van der Waals surface area contributed by atoms with Gasteiger partial charge in [0, 0.05) is 18.1 Å². The molecule has 1 aromatic heterocycles. The molecule has 1 heterocycles. The van der Waals surface area contributed by atoms with E-state index in [0.29, 0.717) is 17.5 Å². The van der Waals surface area contributed by atoms with Crippen molar-refractivity contribution in [3.63, 3.8) is 0 Å². The number of nitrogens with one attached hydrogen (secondary N) is 2. The molecule has 2 fully saturated rings. The van der Waals surface area contributed by atoms with Gasteiger partial charge in [-0.3, -0.25) is 9.59 Å².